The quantitative estimate of drug-likeness (QED) is 0.141. The number of rotatable bonds is 14. The highest BCUT2D eigenvalue weighted by Crippen LogP contribution is 2.46. The fraction of sp³-hybridized carbons (Fsp3) is 0.543. The van der Waals surface area contributed by atoms with E-state index in [0.29, 0.717) is 25.2 Å². The summed E-state index contributed by atoms with van der Waals surface area (Å²) in [5.41, 5.74) is 2.60. The minimum Gasteiger partial charge on any atom is -0.494 e. The molecule has 42 heavy (non-hydrogen) atoms. The number of esters is 2. The van der Waals surface area contributed by atoms with Gasteiger partial charge in [-0.25, -0.2) is 14.8 Å². The lowest BCUT2D eigenvalue weighted by molar-refractivity contribution is -0.143. The van der Waals surface area contributed by atoms with Gasteiger partial charge in [0.1, 0.15) is 17.7 Å². The van der Waals surface area contributed by atoms with Crippen LogP contribution in [0.25, 0.3) is 22.2 Å². The Hall–Kier alpha value is -3.48. The Morgan fingerprint density at radius 3 is 2.26 bits per heavy atom. The largest absolute Gasteiger partial charge is 0.494 e. The predicted octanol–water partition coefficient (Wildman–Crippen LogP) is 8.49. The summed E-state index contributed by atoms with van der Waals surface area (Å²) in [5, 5.41) is 0.931. The van der Waals surface area contributed by atoms with Crippen molar-refractivity contribution in [3.05, 3.63) is 54.4 Å². The lowest BCUT2D eigenvalue weighted by Gasteiger charge is -2.41. The molecule has 4 rings (SSSR count). The third kappa shape index (κ3) is 8.08. The SMILES string of the molecule is CCOC(=O)CCCCCCCCOc1ccc2c(-c3ccc(C(=O)OC4(C(C)(C)C)CCCC4)cc3)ncnc2c1. The van der Waals surface area contributed by atoms with Gasteiger partial charge in [0.2, 0.25) is 0 Å². The number of benzene rings is 2. The van der Waals surface area contributed by atoms with Crippen molar-refractivity contribution < 1.29 is 23.8 Å². The highest BCUT2D eigenvalue weighted by molar-refractivity contribution is 5.94. The molecule has 1 heterocycles. The van der Waals surface area contributed by atoms with Crippen molar-refractivity contribution in [2.45, 2.75) is 104 Å². The van der Waals surface area contributed by atoms with Crippen molar-refractivity contribution in [2.24, 2.45) is 5.41 Å². The Kier molecular flexibility index (Phi) is 10.9. The molecule has 2 aromatic carbocycles. The third-order valence-corrected chi connectivity index (χ3v) is 8.42. The third-order valence-electron chi connectivity index (χ3n) is 8.42. The summed E-state index contributed by atoms with van der Waals surface area (Å²) in [7, 11) is 0. The molecule has 0 aliphatic heterocycles. The molecule has 0 unspecified atom stereocenters. The van der Waals surface area contributed by atoms with Gasteiger partial charge in [0.25, 0.3) is 0 Å². The molecule has 0 N–H and O–H groups in total. The van der Waals surface area contributed by atoms with Crippen LogP contribution in [0, 0.1) is 5.41 Å². The molecule has 0 bridgehead atoms. The van der Waals surface area contributed by atoms with E-state index in [0.717, 1.165) is 92.1 Å². The Bertz CT molecular complexity index is 1320. The van der Waals surface area contributed by atoms with Gasteiger partial charge in [-0.3, -0.25) is 4.79 Å². The first-order valence-electron chi connectivity index (χ1n) is 15.6. The topological polar surface area (TPSA) is 87.6 Å². The van der Waals surface area contributed by atoms with Gasteiger partial charge in [0.05, 0.1) is 30.0 Å². The highest BCUT2D eigenvalue weighted by Gasteiger charge is 2.47. The smallest absolute Gasteiger partial charge is 0.338 e. The van der Waals surface area contributed by atoms with E-state index in [2.05, 4.69) is 30.7 Å². The normalized spacial score (nSPS) is 14.6. The molecule has 1 aliphatic rings. The molecule has 1 aromatic heterocycles. The molecule has 7 heteroatoms. The zero-order valence-corrected chi connectivity index (χ0v) is 25.7. The summed E-state index contributed by atoms with van der Waals surface area (Å²) >= 11 is 0. The first-order valence-corrected chi connectivity index (χ1v) is 15.6. The van der Waals surface area contributed by atoms with Gasteiger partial charge in [-0.2, -0.15) is 0 Å². The van der Waals surface area contributed by atoms with Gasteiger partial charge in [-0.15, -0.1) is 0 Å². The van der Waals surface area contributed by atoms with Crippen molar-refractivity contribution in [3.63, 3.8) is 0 Å². The van der Waals surface area contributed by atoms with Crippen molar-refractivity contribution in [1.82, 2.24) is 9.97 Å². The Labute approximate surface area is 250 Å². The van der Waals surface area contributed by atoms with E-state index < -0.39 is 5.60 Å². The van der Waals surface area contributed by atoms with E-state index in [1.54, 1.807) is 6.33 Å². The van der Waals surface area contributed by atoms with Gasteiger partial charge in [0, 0.05) is 28.9 Å². The van der Waals surface area contributed by atoms with Crippen LogP contribution < -0.4 is 4.74 Å². The van der Waals surface area contributed by atoms with Crippen LogP contribution in [0.1, 0.15) is 109 Å². The molecule has 0 radical (unpaired) electrons. The number of unbranched alkanes of at least 4 members (excludes halogenated alkanes) is 5. The van der Waals surface area contributed by atoms with Crippen LogP contribution in [0.5, 0.6) is 5.75 Å². The molecule has 3 aromatic rings. The van der Waals surface area contributed by atoms with Crippen LogP contribution in [-0.4, -0.2) is 40.7 Å². The molecule has 226 valence electrons. The summed E-state index contributed by atoms with van der Waals surface area (Å²) in [5.74, 6) is 0.434. The Balaban J connectivity index is 1.29. The van der Waals surface area contributed by atoms with Gasteiger partial charge in [0.15, 0.2) is 0 Å². The molecule has 0 spiro atoms. The molecular formula is C35H46N2O5. The first-order chi connectivity index (χ1) is 20.2. The minimum atomic E-state index is -0.405. The molecule has 0 saturated heterocycles. The van der Waals surface area contributed by atoms with Crippen molar-refractivity contribution >= 4 is 22.8 Å². The second-order valence-electron chi connectivity index (χ2n) is 12.3. The zero-order chi connectivity index (χ0) is 30.0. The van der Waals surface area contributed by atoms with Crippen LogP contribution in [0.3, 0.4) is 0 Å². The van der Waals surface area contributed by atoms with Gasteiger partial charge >= 0.3 is 11.9 Å². The minimum absolute atomic E-state index is 0.0953. The number of hydrogen-bond acceptors (Lipinski definition) is 7. The highest BCUT2D eigenvalue weighted by atomic mass is 16.6. The number of hydrogen-bond donors (Lipinski definition) is 0. The van der Waals surface area contributed by atoms with E-state index in [-0.39, 0.29) is 17.4 Å². The molecule has 7 nitrogen and oxygen atoms in total. The Morgan fingerprint density at radius 2 is 1.57 bits per heavy atom. The molecule has 1 saturated carbocycles. The molecule has 0 amide bonds. The predicted molar refractivity (Wildman–Crippen MR) is 165 cm³/mol. The maximum absolute atomic E-state index is 13.1. The number of carbonyl (C=O) groups is 2. The monoisotopic (exact) mass is 574 g/mol. The van der Waals surface area contributed by atoms with E-state index in [1.807, 2.05) is 49.4 Å². The summed E-state index contributed by atoms with van der Waals surface area (Å²) in [4.78, 5) is 33.5. The van der Waals surface area contributed by atoms with Crippen LogP contribution in [0.15, 0.2) is 48.8 Å². The lowest BCUT2D eigenvalue weighted by atomic mass is 9.75. The van der Waals surface area contributed by atoms with Crippen LogP contribution in [0.4, 0.5) is 0 Å². The standard InChI is InChI=1S/C35H46N2O5/c1-5-40-31(38)14-10-8-6-7-9-13-23-41-28-19-20-29-30(24-28)36-25-37-32(29)26-15-17-27(18-16-26)33(39)42-35(34(2,3)4)21-11-12-22-35/h15-20,24-25H,5-14,21-23H2,1-4H3. The fourth-order valence-corrected chi connectivity index (χ4v) is 5.81. The van der Waals surface area contributed by atoms with Gasteiger partial charge in [-0.1, -0.05) is 58.6 Å². The number of nitrogens with zero attached hydrogens (tertiary/aromatic N) is 2. The van der Waals surface area contributed by atoms with Gasteiger partial charge in [-0.05, 0) is 69.7 Å². The van der Waals surface area contributed by atoms with Gasteiger partial charge < -0.3 is 14.2 Å². The summed E-state index contributed by atoms with van der Waals surface area (Å²) < 4.78 is 17.1. The number of ether oxygens (including phenoxy) is 3. The molecule has 0 atom stereocenters. The van der Waals surface area contributed by atoms with Crippen LogP contribution in [-0.2, 0) is 14.3 Å². The Morgan fingerprint density at radius 1 is 0.881 bits per heavy atom. The van der Waals surface area contributed by atoms with E-state index in [1.165, 1.54) is 0 Å². The molecular weight excluding hydrogens is 528 g/mol. The van der Waals surface area contributed by atoms with E-state index in [9.17, 15) is 9.59 Å². The van der Waals surface area contributed by atoms with Crippen molar-refractivity contribution in [3.8, 4) is 17.0 Å². The van der Waals surface area contributed by atoms with Crippen molar-refractivity contribution in [1.29, 1.82) is 0 Å². The second kappa shape index (κ2) is 14.6. The summed E-state index contributed by atoms with van der Waals surface area (Å²) in [6, 6.07) is 13.4. The number of aromatic nitrogens is 2. The molecule has 1 aliphatic carbocycles. The van der Waals surface area contributed by atoms with Crippen LogP contribution in [0.2, 0.25) is 0 Å². The van der Waals surface area contributed by atoms with E-state index >= 15 is 0 Å². The number of carbonyl (C=O) groups excluding carboxylic acids is 2. The van der Waals surface area contributed by atoms with Crippen molar-refractivity contribution in [2.75, 3.05) is 13.2 Å². The maximum atomic E-state index is 13.1. The lowest BCUT2D eigenvalue weighted by Crippen LogP contribution is -2.44. The first kappa shape index (κ1) is 31.5. The summed E-state index contributed by atoms with van der Waals surface area (Å²) in [6.45, 7) is 9.42. The average Bonchev–Trinajstić information content (AvgIpc) is 3.46. The van der Waals surface area contributed by atoms with Crippen LogP contribution >= 0.6 is 0 Å². The van der Waals surface area contributed by atoms with E-state index in [4.69, 9.17) is 14.2 Å². The average molecular weight is 575 g/mol. The molecule has 1 fully saturated rings. The second-order valence-corrected chi connectivity index (χ2v) is 12.3. The maximum Gasteiger partial charge on any atom is 0.338 e. The zero-order valence-electron chi connectivity index (χ0n) is 25.7. The fourth-order valence-electron chi connectivity index (χ4n) is 5.81. The number of fused-ring (bicyclic) bond motifs is 1. The summed E-state index contributed by atoms with van der Waals surface area (Å²) in [6.07, 6.45) is 12.4.